The number of hydrogen-bond donors (Lipinski definition) is 1. The van der Waals surface area contributed by atoms with E-state index >= 15 is 0 Å². The van der Waals surface area contributed by atoms with Gasteiger partial charge in [-0.15, -0.1) is 0 Å². The quantitative estimate of drug-likeness (QED) is 0.777. The van der Waals surface area contributed by atoms with Gasteiger partial charge in [-0.2, -0.15) is 0 Å². The minimum Gasteiger partial charge on any atom is -0.381 e. The molecule has 2 saturated heterocycles. The van der Waals surface area contributed by atoms with E-state index in [1.165, 1.54) is 19.3 Å². The van der Waals surface area contributed by atoms with Crippen molar-refractivity contribution in [1.29, 1.82) is 0 Å². The van der Waals surface area contributed by atoms with Crippen molar-refractivity contribution >= 4 is 0 Å². The first-order valence-corrected chi connectivity index (χ1v) is 7.40. The molecule has 2 rings (SSSR count). The third-order valence-corrected chi connectivity index (χ3v) is 4.33. The van der Waals surface area contributed by atoms with Gasteiger partial charge in [-0.1, -0.05) is 6.92 Å². The molecule has 0 radical (unpaired) electrons. The van der Waals surface area contributed by atoms with E-state index in [0.717, 1.165) is 52.4 Å². The van der Waals surface area contributed by atoms with Crippen LogP contribution in [0.3, 0.4) is 0 Å². The fourth-order valence-corrected chi connectivity index (χ4v) is 3.12. The second kappa shape index (κ2) is 6.85. The van der Waals surface area contributed by atoms with Gasteiger partial charge in [0.1, 0.15) is 0 Å². The van der Waals surface area contributed by atoms with Crippen LogP contribution >= 0.6 is 0 Å². The van der Waals surface area contributed by atoms with Crippen LogP contribution in [0.15, 0.2) is 0 Å². The van der Waals surface area contributed by atoms with Crippen LogP contribution in [0.1, 0.15) is 32.6 Å². The van der Waals surface area contributed by atoms with Crippen molar-refractivity contribution in [3.05, 3.63) is 0 Å². The van der Waals surface area contributed by atoms with Crippen LogP contribution in [0.2, 0.25) is 0 Å². The number of hydrogen-bond acceptors (Lipinski definition) is 4. The smallest absolute Gasteiger partial charge is 0.0702 e. The van der Waals surface area contributed by atoms with Crippen molar-refractivity contribution in [1.82, 2.24) is 4.90 Å². The molecule has 0 amide bonds. The van der Waals surface area contributed by atoms with Crippen LogP contribution < -0.4 is 5.73 Å². The molecule has 2 N–H and O–H groups in total. The van der Waals surface area contributed by atoms with Gasteiger partial charge in [0.2, 0.25) is 0 Å². The van der Waals surface area contributed by atoms with E-state index < -0.39 is 0 Å². The first-order valence-electron chi connectivity index (χ1n) is 7.40. The Bertz CT molecular complexity index is 236. The highest BCUT2D eigenvalue weighted by Crippen LogP contribution is 2.29. The van der Waals surface area contributed by atoms with Crippen LogP contribution in [-0.2, 0) is 9.47 Å². The highest BCUT2D eigenvalue weighted by Gasteiger charge is 2.34. The molecule has 0 aromatic heterocycles. The molecule has 2 aliphatic heterocycles. The Morgan fingerprint density at radius 1 is 1.33 bits per heavy atom. The monoisotopic (exact) mass is 256 g/mol. The summed E-state index contributed by atoms with van der Waals surface area (Å²) >= 11 is 0. The highest BCUT2D eigenvalue weighted by molar-refractivity contribution is 4.87. The maximum Gasteiger partial charge on any atom is 0.0702 e. The van der Waals surface area contributed by atoms with Gasteiger partial charge >= 0.3 is 0 Å². The molecule has 18 heavy (non-hydrogen) atoms. The lowest BCUT2D eigenvalue weighted by molar-refractivity contribution is -0.0286. The van der Waals surface area contributed by atoms with E-state index in [4.69, 9.17) is 15.2 Å². The molecule has 0 aromatic carbocycles. The number of rotatable bonds is 6. The Kier molecular flexibility index (Phi) is 5.42. The van der Waals surface area contributed by atoms with E-state index in [-0.39, 0.29) is 5.41 Å². The molecule has 2 fully saturated rings. The predicted octanol–water partition coefficient (Wildman–Crippen LogP) is 1.24. The predicted molar refractivity (Wildman–Crippen MR) is 72.6 cm³/mol. The van der Waals surface area contributed by atoms with Crippen molar-refractivity contribution in [2.75, 3.05) is 46.0 Å². The molecule has 2 heterocycles. The third kappa shape index (κ3) is 3.67. The van der Waals surface area contributed by atoms with E-state index in [1.54, 1.807) is 0 Å². The Morgan fingerprint density at radius 2 is 2.22 bits per heavy atom. The zero-order valence-corrected chi connectivity index (χ0v) is 11.7. The molecule has 0 spiro atoms. The molecular formula is C14H28N2O2. The number of nitrogens with two attached hydrogens (primary N) is 1. The summed E-state index contributed by atoms with van der Waals surface area (Å²) in [5.41, 5.74) is 6.18. The van der Waals surface area contributed by atoms with Gasteiger partial charge in [0.05, 0.1) is 12.7 Å². The second-order valence-corrected chi connectivity index (χ2v) is 5.82. The van der Waals surface area contributed by atoms with Crippen LogP contribution in [0, 0.1) is 5.41 Å². The average Bonchev–Trinajstić information content (AvgIpc) is 2.92. The van der Waals surface area contributed by atoms with Gasteiger partial charge < -0.3 is 20.1 Å². The lowest BCUT2D eigenvalue weighted by Crippen LogP contribution is -2.49. The fourth-order valence-electron chi connectivity index (χ4n) is 3.12. The third-order valence-electron chi connectivity index (χ3n) is 4.33. The molecular weight excluding hydrogens is 228 g/mol. The summed E-state index contributed by atoms with van der Waals surface area (Å²) in [6.45, 7) is 8.80. The summed E-state index contributed by atoms with van der Waals surface area (Å²) in [6, 6.07) is 0. The topological polar surface area (TPSA) is 47.7 Å². The maximum atomic E-state index is 6.01. The Hall–Kier alpha value is -0.160. The second-order valence-electron chi connectivity index (χ2n) is 5.82. The van der Waals surface area contributed by atoms with Gasteiger partial charge in [-0.25, -0.2) is 0 Å². The Balaban J connectivity index is 1.86. The van der Waals surface area contributed by atoms with Crippen LogP contribution in [-0.4, -0.2) is 57.0 Å². The summed E-state index contributed by atoms with van der Waals surface area (Å²) in [5.74, 6) is 0. The molecule has 0 saturated carbocycles. The van der Waals surface area contributed by atoms with E-state index in [9.17, 15) is 0 Å². The molecule has 2 unspecified atom stereocenters. The highest BCUT2D eigenvalue weighted by atomic mass is 16.5. The minimum atomic E-state index is 0.173. The molecule has 4 heteroatoms. The zero-order chi connectivity index (χ0) is 12.8. The zero-order valence-electron chi connectivity index (χ0n) is 11.7. The SMILES string of the molecule is CCN(CC1CCCO1)CC1(CN)CCCOC1. The van der Waals surface area contributed by atoms with Crippen LogP contribution in [0.25, 0.3) is 0 Å². The number of nitrogens with zero attached hydrogens (tertiary/aromatic N) is 1. The minimum absolute atomic E-state index is 0.173. The standard InChI is InChI=1S/C14H28N2O2/c1-2-16(9-13-5-3-8-18-13)11-14(10-15)6-4-7-17-12-14/h13H,2-12,15H2,1H3. The van der Waals surface area contributed by atoms with Crippen molar-refractivity contribution < 1.29 is 9.47 Å². The first kappa shape index (κ1) is 14.3. The van der Waals surface area contributed by atoms with Gasteiger partial charge in [-0.3, -0.25) is 0 Å². The van der Waals surface area contributed by atoms with Gasteiger partial charge in [0.15, 0.2) is 0 Å². The van der Waals surface area contributed by atoms with E-state index in [1.807, 2.05) is 0 Å². The molecule has 2 aliphatic rings. The van der Waals surface area contributed by atoms with Crippen molar-refractivity contribution in [2.24, 2.45) is 11.1 Å². The summed E-state index contributed by atoms with van der Waals surface area (Å²) in [6.07, 6.45) is 5.21. The number of ether oxygens (including phenoxy) is 2. The molecule has 2 atom stereocenters. The summed E-state index contributed by atoms with van der Waals surface area (Å²) < 4.78 is 11.4. The van der Waals surface area contributed by atoms with Crippen molar-refractivity contribution in [2.45, 2.75) is 38.7 Å². The summed E-state index contributed by atoms with van der Waals surface area (Å²) in [7, 11) is 0. The van der Waals surface area contributed by atoms with Gasteiger partial charge in [0.25, 0.3) is 0 Å². The van der Waals surface area contributed by atoms with Crippen molar-refractivity contribution in [3.63, 3.8) is 0 Å². The fraction of sp³-hybridized carbons (Fsp3) is 1.00. The molecule has 0 aromatic rings. The van der Waals surface area contributed by atoms with Crippen LogP contribution in [0.4, 0.5) is 0 Å². The molecule has 4 nitrogen and oxygen atoms in total. The largest absolute Gasteiger partial charge is 0.381 e. The Labute approximate surface area is 111 Å². The molecule has 106 valence electrons. The summed E-state index contributed by atoms with van der Waals surface area (Å²) in [4.78, 5) is 2.50. The summed E-state index contributed by atoms with van der Waals surface area (Å²) in [5, 5.41) is 0. The first-order chi connectivity index (χ1) is 8.78. The Morgan fingerprint density at radius 3 is 2.78 bits per heavy atom. The van der Waals surface area contributed by atoms with E-state index in [2.05, 4.69) is 11.8 Å². The number of likely N-dealkylation sites (N-methyl/N-ethyl adjacent to an activating group) is 1. The average molecular weight is 256 g/mol. The maximum absolute atomic E-state index is 6.01. The lowest BCUT2D eigenvalue weighted by Gasteiger charge is -2.40. The normalized spacial score (nSPS) is 33.2. The van der Waals surface area contributed by atoms with E-state index in [0.29, 0.717) is 6.10 Å². The van der Waals surface area contributed by atoms with Crippen LogP contribution in [0.5, 0.6) is 0 Å². The molecule has 0 aliphatic carbocycles. The molecule has 0 bridgehead atoms. The lowest BCUT2D eigenvalue weighted by atomic mass is 9.82. The van der Waals surface area contributed by atoms with Crippen molar-refractivity contribution in [3.8, 4) is 0 Å². The van der Waals surface area contributed by atoms with Gasteiger partial charge in [0, 0.05) is 38.3 Å². The van der Waals surface area contributed by atoms with Gasteiger partial charge in [-0.05, 0) is 32.2 Å².